The van der Waals surface area contributed by atoms with E-state index >= 15 is 0 Å². The maximum atomic E-state index is 12.5. The number of carbonyl (C=O) groups is 1. The van der Waals surface area contributed by atoms with Gasteiger partial charge in [0.25, 0.3) is 5.91 Å². The van der Waals surface area contributed by atoms with E-state index in [9.17, 15) is 4.79 Å². The third kappa shape index (κ3) is 4.18. The summed E-state index contributed by atoms with van der Waals surface area (Å²) in [6.45, 7) is 4.52. The number of hydrogen-bond donors (Lipinski definition) is 1. The first-order valence-electron chi connectivity index (χ1n) is 8.65. The first kappa shape index (κ1) is 17.0. The van der Waals surface area contributed by atoms with Crippen LogP contribution in [0, 0.1) is 6.92 Å². The van der Waals surface area contributed by atoms with Gasteiger partial charge in [-0.2, -0.15) is 0 Å². The SMILES string of the molecule is CC[C@@H](Oc1cccc2ccccc12)C(=O)NCc1cccc(C)c1. The summed E-state index contributed by atoms with van der Waals surface area (Å²) in [7, 11) is 0. The molecule has 1 amide bonds. The van der Waals surface area contributed by atoms with Gasteiger partial charge in [-0.05, 0) is 30.4 Å². The number of hydrogen-bond acceptors (Lipinski definition) is 2. The average molecular weight is 333 g/mol. The number of benzene rings is 3. The Kier molecular flexibility index (Phi) is 5.34. The van der Waals surface area contributed by atoms with E-state index < -0.39 is 6.10 Å². The molecule has 0 spiro atoms. The molecule has 0 fully saturated rings. The lowest BCUT2D eigenvalue weighted by Gasteiger charge is -2.18. The maximum Gasteiger partial charge on any atom is 0.261 e. The van der Waals surface area contributed by atoms with Crippen molar-refractivity contribution in [3.05, 3.63) is 77.9 Å². The highest BCUT2D eigenvalue weighted by molar-refractivity contribution is 5.89. The van der Waals surface area contributed by atoms with Crippen molar-refractivity contribution in [3.63, 3.8) is 0 Å². The van der Waals surface area contributed by atoms with Crippen molar-refractivity contribution in [2.24, 2.45) is 0 Å². The Balaban J connectivity index is 1.70. The van der Waals surface area contributed by atoms with E-state index in [1.165, 1.54) is 5.56 Å². The molecule has 0 aromatic heterocycles. The highest BCUT2D eigenvalue weighted by atomic mass is 16.5. The van der Waals surface area contributed by atoms with E-state index in [1.54, 1.807) is 0 Å². The second kappa shape index (κ2) is 7.84. The molecule has 3 aromatic carbocycles. The van der Waals surface area contributed by atoms with Crippen LogP contribution in [0.3, 0.4) is 0 Å². The van der Waals surface area contributed by atoms with Gasteiger partial charge in [-0.25, -0.2) is 0 Å². The number of rotatable bonds is 6. The van der Waals surface area contributed by atoms with Gasteiger partial charge in [-0.1, -0.05) is 73.2 Å². The number of aryl methyl sites for hydroxylation is 1. The lowest BCUT2D eigenvalue weighted by molar-refractivity contribution is -0.128. The maximum absolute atomic E-state index is 12.5. The molecule has 0 aliphatic carbocycles. The molecule has 3 rings (SSSR count). The first-order chi connectivity index (χ1) is 12.2. The lowest BCUT2D eigenvalue weighted by Crippen LogP contribution is -2.37. The number of carbonyl (C=O) groups excluding carboxylic acids is 1. The Labute approximate surface area is 148 Å². The van der Waals surface area contributed by atoms with Gasteiger partial charge in [0.1, 0.15) is 5.75 Å². The van der Waals surface area contributed by atoms with Crippen LogP contribution in [0.25, 0.3) is 10.8 Å². The fourth-order valence-electron chi connectivity index (χ4n) is 2.90. The summed E-state index contributed by atoms with van der Waals surface area (Å²) in [4.78, 5) is 12.5. The molecule has 0 unspecified atom stereocenters. The minimum absolute atomic E-state index is 0.0862. The number of fused-ring (bicyclic) bond motifs is 1. The fraction of sp³-hybridized carbons (Fsp3) is 0.227. The van der Waals surface area contributed by atoms with Crippen LogP contribution in [0.15, 0.2) is 66.7 Å². The molecule has 3 nitrogen and oxygen atoms in total. The molecular weight excluding hydrogens is 310 g/mol. The fourth-order valence-corrected chi connectivity index (χ4v) is 2.90. The standard InChI is InChI=1S/C22H23NO2/c1-3-20(22(24)23-15-17-9-6-8-16(2)14-17)25-21-13-7-11-18-10-4-5-12-19(18)21/h4-14,20H,3,15H2,1-2H3,(H,23,24)/t20-/m1/s1. The number of nitrogens with one attached hydrogen (secondary N) is 1. The van der Waals surface area contributed by atoms with Crippen LogP contribution in [-0.4, -0.2) is 12.0 Å². The molecule has 3 aromatic rings. The zero-order valence-electron chi connectivity index (χ0n) is 14.7. The molecule has 0 saturated carbocycles. The lowest BCUT2D eigenvalue weighted by atomic mass is 10.1. The van der Waals surface area contributed by atoms with Gasteiger partial charge in [0.05, 0.1) is 0 Å². The third-order valence-electron chi connectivity index (χ3n) is 4.23. The molecule has 1 atom stereocenters. The van der Waals surface area contributed by atoms with E-state index in [2.05, 4.69) is 11.4 Å². The van der Waals surface area contributed by atoms with Gasteiger partial charge in [-0.3, -0.25) is 4.79 Å². The Morgan fingerprint density at radius 2 is 1.80 bits per heavy atom. The van der Waals surface area contributed by atoms with Crippen LogP contribution in [0.2, 0.25) is 0 Å². The van der Waals surface area contributed by atoms with Crippen LogP contribution in [-0.2, 0) is 11.3 Å². The van der Waals surface area contributed by atoms with Gasteiger partial charge >= 0.3 is 0 Å². The Bertz CT molecular complexity index is 867. The quantitative estimate of drug-likeness (QED) is 0.715. The zero-order chi connectivity index (χ0) is 17.6. The Morgan fingerprint density at radius 1 is 1.04 bits per heavy atom. The molecule has 1 N–H and O–H groups in total. The van der Waals surface area contributed by atoms with Crippen molar-refractivity contribution >= 4 is 16.7 Å². The molecule has 25 heavy (non-hydrogen) atoms. The van der Waals surface area contributed by atoms with Crippen LogP contribution < -0.4 is 10.1 Å². The van der Waals surface area contributed by atoms with E-state index in [0.717, 1.165) is 22.1 Å². The van der Waals surface area contributed by atoms with Gasteiger partial charge in [0.2, 0.25) is 0 Å². The van der Waals surface area contributed by atoms with Crippen LogP contribution >= 0.6 is 0 Å². The molecular formula is C22H23NO2. The summed E-state index contributed by atoms with van der Waals surface area (Å²) in [5.74, 6) is 0.660. The van der Waals surface area contributed by atoms with Gasteiger partial charge < -0.3 is 10.1 Å². The largest absolute Gasteiger partial charge is 0.480 e. The van der Waals surface area contributed by atoms with Crippen molar-refractivity contribution in [1.29, 1.82) is 0 Å². The molecule has 3 heteroatoms. The average Bonchev–Trinajstić information content (AvgIpc) is 2.64. The van der Waals surface area contributed by atoms with E-state index in [1.807, 2.05) is 74.5 Å². The van der Waals surface area contributed by atoms with Crippen LogP contribution in [0.4, 0.5) is 0 Å². The van der Waals surface area contributed by atoms with Gasteiger partial charge in [0.15, 0.2) is 6.10 Å². The second-order valence-electron chi connectivity index (χ2n) is 6.20. The molecule has 0 aliphatic rings. The predicted octanol–water partition coefficient (Wildman–Crippen LogP) is 4.62. The van der Waals surface area contributed by atoms with Gasteiger partial charge in [0, 0.05) is 11.9 Å². The first-order valence-corrected chi connectivity index (χ1v) is 8.65. The monoisotopic (exact) mass is 333 g/mol. The highest BCUT2D eigenvalue weighted by Crippen LogP contribution is 2.26. The third-order valence-corrected chi connectivity index (χ3v) is 4.23. The minimum atomic E-state index is -0.504. The van der Waals surface area contributed by atoms with E-state index in [-0.39, 0.29) is 5.91 Å². The summed E-state index contributed by atoms with van der Waals surface area (Å²) in [5.41, 5.74) is 2.28. The van der Waals surface area contributed by atoms with Crippen molar-refractivity contribution in [2.75, 3.05) is 0 Å². The van der Waals surface area contributed by atoms with Crippen LogP contribution in [0.5, 0.6) is 5.75 Å². The Hall–Kier alpha value is -2.81. The molecule has 0 aliphatic heterocycles. The predicted molar refractivity (Wildman–Crippen MR) is 102 cm³/mol. The topological polar surface area (TPSA) is 38.3 Å². The summed E-state index contributed by atoms with van der Waals surface area (Å²) in [6, 6.07) is 22.1. The molecule has 0 bridgehead atoms. The number of ether oxygens (including phenoxy) is 1. The second-order valence-corrected chi connectivity index (χ2v) is 6.20. The molecule has 0 radical (unpaired) electrons. The van der Waals surface area contributed by atoms with E-state index in [4.69, 9.17) is 4.74 Å². The zero-order valence-corrected chi connectivity index (χ0v) is 14.7. The van der Waals surface area contributed by atoms with Crippen molar-refractivity contribution in [1.82, 2.24) is 5.32 Å². The van der Waals surface area contributed by atoms with Gasteiger partial charge in [-0.15, -0.1) is 0 Å². The Morgan fingerprint density at radius 3 is 2.60 bits per heavy atom. The molecule has 128 valence electrons. The smallest absolute Gasteiger partial charge is 0.261 e. The summed E-state index contributed by atoms with van der Waals surface area (Å²) in [5, 5.41) is 5.11. The highest BCUT2D eigenvalue weighted by Gasteiger charge is 2.19. The molecule has 0 heterocycles. The normalized spacial score (nSPS) is 11.9. The summed E-state index contributed by atoms with van der Waals surface area (Å²) >= 11 is 0. The minimum Gasteiger partial charge on any atom is -0.480 e. The molecule has 0 saturated heterocycles. The summed E-state index contributed by atoms with van der Waals surface area (Å²) < 4.78 is 6.04. The summed E-state index contributed by atoms with van der Waals surface area (Å²) in [6.07, 6.45) is 0.110. The van der Waals surface area contributed by atoms with Crippen molar-refractivity contribution < 1.29 is 9.53 Å². The van der Waals surface area contributed by atoms with Crippen molar-refractivity contribution in [2.45, 2.75) is 32.9 Å². The van der Waals surface area contributed by atoms with Crippen molar-refractivity contribution in [3.8, 4) is 5.75 Å². The van der Waals surface area contributed by atoms with E-state index in [0.29, 0.717) is 13.0 Å². The van der Waals surface area contributed by atoms with Crippen LogP contribution in [0.1, 0.15) is 24.5 Å². The number of amides is 1.